The summed E-state index contributed by atoms with van der Waals surface area (Å²) in [7, 11) is -3.47. The van der Waals surface area contributed by atoms with E-state index in [1.54, 1.807) is 13.8 Å². The highest BCUT2D eigenvalue weighted by molar-refractivity contribution is 7.92. The first kappa shape index (κ1) is 24.4. The smallest absolute Gasteiger partial charge is 0.324 e. The number of rotatable bonds is 14. The van der Waals surface area contributed by atoms with E-state index < -0.39 is 21.1 Å². The van der Waals surface area contributed by atoms with Crippen molar-refractivity contribution in [3.05, 3.63) is 48.6 Å². The Morgan fingerprint density at radius 1 is 0.846 bits per heavy atom. The number of hydrogen-bond acceptors (Lipinski definition) is 4. The molecule has 4 nitrogen and oxygen atoms in total. The first-order chi connectivity index (χ1) is 12.5. The fourth-order valence-corrected chi connectivity index (χ4v) is 3.89. The molecule has 1 atom stereocenters. The molecule has 0 aromatic rings. The quantitative estimate of drug-likeness (QED) is 0.315. The van der Waals surface area contributed by atoms with Gasteiger partial charge in [-0.15, -0.1) is 0 Å². The molecular weight excluding hydrogens is 348 g/mol. The van der Waals surface area contributed by atoms with Crippen molar-refractivity contribution < 1.29 is 17.9 Å². The molecule has 5 heteroatoms. The highest BCUT2D eigenvalue weighted by Crippen LogP contribution is 2.11. The number of carbonyl (C=O) groups is 1. The largest absolute Gasteiger partial charge is 0.465 e. The standard InChI is InChI=1S/C21H34O4S/c1-4-7-8-9-10-11-12-13-14-15-16-17-18-19-26(23,24)20(5-2)21(22)25-6-3/h7-8,10-11,13-14,16-17,20H,4-6,9,12,15,18-19H2,1-3H3/b8-7-,11-10-,14-13-,17-16-. The van der Waals surface area contributed by atoms with Crippen LogP contribution in [0.25, 0.3) is 0 Å². The molecule has 0 bridgehead atoms. The number of ether oxygens (including phenoxy) is 1. The molecule has 0 aliphatic rings. The van der Waals surface area contributed by atoms with E-state index >= 15 is 0 Å². The molecule has 1 unspecified atom stereocenters. The summed E-state index contributed by atoms with van der Waals surface area (Å²) in [6.07, 6.45) is 20.9. The first-order valence-corrected chi connectivity index (χ1v) is 11.2. The van der Waals surface area contributed by atoms with Crippen LogP contribution in [0, 0.1) is 0 Å². The van der Waals surface area contributed by atoms with Crippen molar-refractivity contribution in [3.8, 4) is 0 Å². The molecule has 0 N–H and O–H groups in total. The Kier molecular flexibility index (Phi) is 14.6. The van der Waals surface area contributed by atoms with E-state index in [0.29, 0.717) is 6.42 Å². The lowest BCUT2D eigenvalue weighted by Crippen LogP contribution is -2.33. The monoisotopic (exact) mass is 382 g/mol. The van der Waals surface area contributed by atoms with Crippen LogP contribution in [0.3, 0.4) is 0 Å². The zero-order valence-corrected chi connectivity index (χ0v) is 17.2. The Morgan fingerprint density at radius 2 is 1.35 bits per heavy atom. The van der Waals surface area contributed by atoms with Crippen molar-refractivity contribution >= 4 is 15.8 Å². The maximum atomic E-state index is 12.2. The molecular formula is C21H34O4S. The van der Waals surface area contributed by atoms with E-state index in [-0.39, 0.29) is 18.8 Å². The van der Waals surface area contributed by atoms with Crippen molar-refractivity contribution in [2.75, 3.05) is 12.4 Å². The van der Waals surface area contributed by atoms with Crippen molar-refractivity contribution in [2.24, 2.45) is 0 Å². The molecule has 0 aliphatic heterocycles. The molecule has 0 saturated carbocycles. The van der Waals surface area contributed by atoms with Gasteiger partial charge in [0.2, 0.25) is 0 Å². The van der Waals surface area contributed by atoms with Gasteiger partial charge in [-0.2, -0.15) is 0 Å². The number of sulfone groups is 1. The molecule has 0 aromatic carbocycles. The van der Waals surface area contributed by atoms with Crippen molar-refractivity contribution in [3.63, 3.8) is 0 Å². The molecule has 0 fully saturated rings. The third-order valence-corrected chi connectivity index (χ3v) is 5.84. The van der Waals surface area contributed by atoms with Gasteiger partial charge < -0.3 is 4.74 Å². The van der Waals surface area contributed by atoms with Crippen LogP contribution in [-0.2, 0) is 19.4 Å². The van der Waals surface area contributed by atoms with Crippen LogP contribution in [0.4, 0.5) is 0 Å². The zero-order chi connectivity index (χ0) is 19.7. The minimum absolute atomic E-state index is 0.0292. The van der Waals surface area contributed by atoms with E-state index in [4.69, 9.17) is 4.74 Å². The maximum Gasteiger partial charge on any atom is 0.324 e. The lowest BCUT2D eigenvalue weighted by atomic mass is 10.2. The highest BCUT2D eigenvalue weighted by atomic mass is 32.2. The van der Waals surface area contributed by atoms with Crippen LogP contribution in [0.5, 0.6) is 0 Å². The van der Waals surface area contributed by atoms with Crippen molar-refractivity contribution in [1.29, 1.82) is 0 Å². The lowest BCUT2D eigenvalue weighted by molar-refractivity contribution is -0.142. The molecule has 0 heterocycles. The summed E-state index contributed by atoms with van der Waals surface area (Å²) in [6, 6.07) is 0. The Morgan fingerprint density at radius 3 is 1.81 bits per heavy atom. The lowest BCUT2D eigenvalue weighted by Gasteiger charge is -2.13. The number of esters is 1. The molecule has 0 amide bonds. The predicted octanol–water partition coefficient (Wildman–Crippen LogP) is 4.94. The van der Waals surface area contributed by atoms with Gasteiger partial charge in [0.15, 0.2) is 15.1 Å². The van der Waals surface area contributed by atoms with E-state index in [1.807, 2.05) is 12.2 Å². The van der Waals surface area contributed by atoms with Crippen LogP contribution in [0.1, 0.15) is 59.3 Å². The third-order valence-electron chi connectivity index (χ3n) is 3.64. The van der Waals surface area contributed by atoms with Gasteiger partial charge in [-0.25, -0.2) is 8.42 Å². The normalized spacial score (nSPS) is 14.1. The number of carbonyl (C=O) groups excluding carboxylic acids is 1. The van der Waals surface area contributed by atoms with Crippen LogP contribution >= 0.6 is 0 Å². The summed E-state index contributed by atoms with van der Waals surface area (Å²) in [5, 5.41) is -1.05. The number of hydrogen-bond donors (Lipinski definition) is 0. The molecule has 0 radical (unpaired) electrons. The number of allylic oxidation sites excluding steroid dienone is 8. The van der Waals surface area contributed by atoms with E-state index in [1.165, 1.54) is 0 Å². The summed E-state index contributed by atoms with van der Waals surface area (Å²) < 4.78 is 29.3. The first-order valence-electron chi connectivity index (χ1n) is 9.47. The van der Waals surface area contributed by atoms with Crippen LogP contribution in [-0.4, -0.2) is 32.0 Å². The van der Waals surface area contributed by atoms with Gasteiger partial charge in [0.05, 0.1) is 12.4 Å². The van der Waals surface area contributed by atoms with Crippen molar-refractivity contribution in [1.82, 2.24) is 0 Å². The topological polar surface area (TPSA) is 60.4 Å². The van der Waals surface area contributed by atoms with E-state index in [9.17, 15) is 13.2 Å². The Bertz CT molecular complexity index is 583. The SMILES string of the molecule is CC/C=C\C/C=C\C/C=C\C/C=C\CCS(=O)(=O)C(CC)C(=O)OCC. The summed E-state index contributed by atoms with van der Waals surface area (Å²) >= 11 is 0. The zero-order valence-electron chi connectivity index (χ0n) is 16.4. The van der Waals surface area contributed by atoms with Gasteiger partial charge in [-0.3, -0.25) is 4.79 Å². The van der Waals surface area contributed by atoms with Gasteiger partial charge in [-0.1, -0.05) is 62.5 Å². The highest BCUT2D eigenvalue weighted by Gasteiger charge is 2.31. The Balaban J connectivity index is 4.09. The molecule has 0 rings (SSSR count). The van der Waals surface area contributed by atoms with Gasteiger partial charge in [0.25, 0.3) is 0 Å². The summed E-state index contributed by atoms with van der Waals surface area (Å²) in [6.45, 7) is 5.68. The second-order valence-electron chi connectivity index (χ2n) is 5.81. The summed E-state index contributed by atoms with van der Waals surface area (Å²) in [5.41, 5.74) is 0. The van der Waals surface area contributed by atoms with Crippen LogP contribution in [0.2, 0.25) is 0 Å². The van der Waals surface area contributed by atoms with Crippen LogP contribution < -0.4 is 0 Å². The average Bonchev–Trinajstić information content (AvgIpc) is 2.59. The van der Waals surface area contributed by atoms with Crippen LogP contribution in [0.15, 0.2) is 48.6 Å². The maximum absolute atomic E-state index is 12.2. The van der Waals surface area contributed by atoms with Gasteiger partial charge >= 0.3 is 5.97 Å². The molecule has 26 heavy (non-hydrogen) atoms. The van der Waals surface area contributed by atoms with Gasteiger partial charge in [0.1, 0.15) is 0 Å². The van der Waals surface area contributed by atoms with Gasteiger partial charge in [0, 0.05) is 0 Å². The predicted molar refractivity (Wildman–Crippen MR) is 110 cm³/mol. The molecule has 0 aliphatic carbocycles. The minimum atomic E-state index is -3.47. The average molecular weight is 383 g/mol. The summed E-state index contributed by atoms with van der Waals surface area (Å²) in [5.74, 6) is -0.668. The van der Waals surface area contributed by atoms with E-state index in [0.717, 1.165) is 25.7 Å². The molecule has 0 saturated heterocycles. The molecule has 0 aromatic heterocycles. The fourth-order valence-electron chi connectivity index (χ4n) is 2.27. The van der Waals surface area contributed by atoms with E-state index in [2.05, 4.69) is 43.4 Å². The second-order valence-corrected chi connectivity index (χ2v) is 8.11. The van der Waals surface area contributed by atoms with Gasteiger partial charge in [-0.05, 0) is 45.4 Å². The summed E-state index contributed by atoms with van der Waals surface area (Å²) in [4.78, 5) is 11.7. The Labute approximate surface area is 159 Å². The molecule has 148 valence electrons. The minimum Gasteiger partial charge on any atom is -0.465 e. The van der Waals surface area contributed by atoms with Crippen molar-refractivity contribution in [2.45, 2.75) is 64.5 Å². The molecule has 0 spiro atoms. The Hall–Kier alpha value is -1.62. The fraction of sp³-hybridized carbons (Fsp3) is 0.571. The second kappa shape index (κ2) is 15.6. The third kappa shape index (κ3) is 11.9.